The van der Waals surface area contributed by atoms with Crippen LogP contribution in [-0.2, 0) is 4.74 Å². The van der Waals surface area contributed by atoms with Crippen molar-refractivity contribution in [3.05, 3.63) is 30.3 Å². The topological polar surface area (TPSA) is 58.1 Å². The number of nitrogens with zero attached hydrogens (tertiary/aromatic N) is 2. The Balaban J connectivity index is 1.28. The van der Waals surface area contributed by atoms with Gasteiger partial charge in [0.1, 0.15) is 5.75 Å². The first-order valence-corrected chi connectivity index (χ1v) is 9.33. The smallest absolute Gasteiger partial charge is 0.191 e. The van der Waals surface area contributed by atoms with Gasteiger partial charge in [-0.2, -0.15) is 0 Å². The van der Waals surface area contributed by atoms with Crippen molar-refractivity contribution in [2.24, 2.45) is 4.99 Å². The van der Waals surface area contributed by atoms with Crippen molar-refractivity contribution in [2.45, 2.75) is 31.4 Å². The number of fused-ring (bicyclic) bond motifs is 1. The molecule has 2 atom stereocenters. The van der Waals surface area contributed by atoms with Gasteiger partial charge in [0.15, 0.2) is 5.96 Å². The van der Waals surface area contributed by atoms with E-state index in [-0.39, 0.29) is 6.10 Å². The molecular weight excluding hydrogens is 316 g/mol. The van der Waals surface area contributed by atoms with Gasteiger partial charge in [-0.3, -0.25) is 9.89 Å². The van der Waals surface area contributed by atoms with Crippen LogP contribution >= 0.6 is 0 Å². The van der Waals surface area contributed by atoms with E-state index in [9.17, 15) is 0 Å². The molecule has 2 aliphatic rings. The molecule has 2 N–H and O–H groups in total. The molecule has 0 saturated carbocycles. The maximum atomic E-state index is 5.97. The van der Waals surface area contributed by atoms with Gasteiger partial charge in [0, 0.05) is 32.7 Å². The molecule has 2 heterocycles. The first-order chi connectivity index (χ1) is 12.3. The Morgan fingerprint density at radius 3 is 3.04 bits per heavy atom. The molecule has 138 valence electrons. The zero-order valence-electron chi connectivity index (χ0n) is 15.1. The number of nitrogens with one attached hydrogen (secondary N) is 2. The van der Waals surface area contributed by atoms with Gasteiger partial charge in [-0.25, -0.2) is 0 Å². The number of hydrogen-bond acceptors (Lipinski definition) is 4. The van der Waals surface area contributed by atoms with Gasteiger partial charge in [-0.05, 0) is 37.9 Å². The number of para-hydroxylation sites is 1. The van der Waals surface area contributed by atoms with Crippen molar-refractivity contribution in [3.63, 3.8) is 0 Å². The summed E-state index contributed by atoms with van der Waals surface area (Å²) >= 11 is 0. The molecule has 0 radical (unpaired) electrons. The fourth-order valence-corrected chi connectivity index (χ4v) is 3.43. The second kappa shape index (κ2) is 9.63. The molecule has 25 heavy (non-hydrogen) atoms. The highest BCUT2D eigenvalue weighted by molar-refractivity contribution is 5.79. The molecule has 6 heteroatoms. The molecular formula is C19H30N4O2. The highest BCUT2D eigenvalue weighted by Crippen LogP contribution is 2.22. The lowest BCUT2D eigenvalue weighted by molar-refractivity contribution is -0.0453. The molecule has 0 spiro atoms. The largest absolute Gasteiger partial charge is 0.494 e. The van der Waals surface area contributed by atoms with Crippen LogP contribution in [0.15, 0.2) is 35.3 Å². The third kappa shape index (κ3) is 5.61. The number of rotatable bonds is 7. The molecule has 0 aliphatic carbocycles. The molecule has 2 unspecified atom stereocenters. The van der Waals surface area contributed by atoms with Gasteiger partial charge in [0.2, 0.25) is 0 Å². The van der Waals surface area contributed by atoms with Crippen molar-refractivity contribution in [3.8, 4) is 5.75 Å². The summed E-state index contributed by atoms with van der Waals surface area (Å²) in [5, 5.41) is 6.71. The quantitative estimate of drug-likeness (QED) is 0.445. The summed E-state index contributed by atoms with van der Waals surface area (Å²) in [6, 6.07) is 10.6. The molecule has 6 nitrogen and oxygen atoms in total. The molecule has 2 fully saturated rings. The zero-order valence-corrected chi connectivity index (χ0v) is 15.1. The van der Waals surface area contributed by atoms with Gasteiger partial charge >= 0.3 is 0 Å². The predicted octanol–water partition coefficient (Wildman–Crippen LogP) is 1.48. The second-order valence-electron chi connectivity index (χ2n) is 6.64. The fraction of sp³-hybridized carbons (Fsp3) is 0.632. The minimum Gasteiger partial charge on any atom is -0.494 e. The van der Waals surface area contributed by atoms with Crippen LogP contribution in [0.2, 0.25) is 0 Å². The van der Waals surface area contributed by atoms with Gasteiger partial charge in [-0.1, -0.05) is 18.2 Å². The standard InChI is InChI=1S/C19H30N4O2/c1-20-19(21-10-6-12-24-17-8-3-2-4-9-17)22-13-18-14-23-11-5-7-16(23)15-25-18/h2-4,8-9,16,18H,5-7,10-15H2,1H3,(H2,20,21,22). The maximum Gasteiger partial charge on any atom is 0.191 e. The lowest BCUT2D eigenvalue weighted by Crippen LogP contribution is -2.51. The van der Waals surface area contributed by atoms with E-state index in [4.69, 9.17) is 9.47 Å². The molecule has 1 aromatic carbocycles. The van der Waals surface area contributed by atoms with E-state index in [0.29, 0.717) is 12.6 Å². The van der Waals surface area contributed by atoms with E-state index >= 15 is 0 Å². The highest BCUT2D eigenvalue weighted by atomic mass is 16.5. The summed E-state index contributed by atoms with van der Waals surface area (Å²) in [5.41, 5.74) is 0. The Labute approximate surface area is 150 Å². The molecule has 1 aromatic rings. The maximum absolute atomic E-state index is 5.97. The van der Waals surface area contributed by atoms with E-state index in [2.05, 4.69) is 20.5 Å². The SMILES string of the molecule is CN=C(NCCCOc1ccccc1)NCC1CN2CCCC2CO1. The van der Waals surface area contributed by atoms with Gasteiger partial charge in [0.25, 0.3) is 0 Å². The van der Waals surface area contributed by atoms with E-state index in [1.807, 2.05) is 30.3 Å². The third-order valence-electron chi connectivity index (χ3n) is 4.81. The highest BCUT2D eigenvalue weighted by Gasteiger charge is 2.32. The first-order valence-electron chi connectivity index (χ1n) is 9.33. The lowest BCUT2D eigenvalue weighted by Gasteiger charge is -2.35. The Kier molecular flexibility index (Phi) is 6.94. The van der Waals surface area contributed by atoms with Crippen LogP contribution in [0.4, 0.5) is 0 Å². The molecule has 0 bridgehead atoms. The molecule has 0 aromatic heterocycles. The molecule has 2 saturated heterocycles. The average Bonchev–Trinajstić information content (AvgIpc) is 3.12. The van der Waals surface area contributed by atoms with Crippen LogP contribution in [0.25, 0.3) is 0 Å². The summed E-state index contributed by atoms with van der Waals surface area (Å²) in [6.07, 6.45) is 3.76. The molecule has 2 aliphatic heterocycles. The van der Waals surface area contributed by atoms with Crippen molar-refractivity contribution in [2.75, 3.05) is 46.4 Å². The summed E-state index contributed by atoms with van der Waals surface area (Å²) in [7, 11) is 1.80. The number of ether oxygens (including phenoxy) is 2. The lowest BCUT2D eigenvalue weighted by atomic mass is 10.2. The monoisotopic (exact) mass is 346 g/mol. The number of morpholine rings is 1. The Bertz CT molecular complexity index is 537. The van der Waals surface area contributed by atoms with Crippen molar-refractivity contribution in [1.29, 1.82) is 0 Å². The van der Waals surface area contributed by atoms with Crippen LogP contribution in [0, 0.1) is 0 Å². The molecule has 0 amide bonds. The van der Waals surface area contributed by atoms with E-state index in [0.717, 1.165) is 44.4 Å². The van der Waals surface area contributed by atoms with Crippen molar-refractivity contribution >= 4 is 5.96 Å². The van der Waals surface area contributed by atoms with Gasteiger partial charge in [-0.15, -0.1) is 0 Å². The Morgan fingerprint density at radius 1 is 1.32 bits per heavy atom. The summed E-state index contributed by atoms with van der Waals surface area (Å²) in [4.78, 5) is 6.84. The number of hydrogen-bond donors (Lipinski definition) is 2. The van der Waals surface area contributed by atoms with Gasteiger partial charge < -0.3 is 20.1 Å². The Hall–Kier alpha value is -1.79. The summed E-state index contributed by atoms with van der Waals surface area (Å²) in [6.45, 7) is 5.43. The van der Waals surface area contributed by atoms with Crippen molar-refractivity contribution in [1.82, 2.24) is 15.5 Å². The summed E-state index contributed by atoms with van der Waals surface area (Å²) in [5.74, 6) is 1.74. The van der Waals surface area contributed by atoms with Crippen LogP contribution in [0.5, 0.6) is 5.75 Å². The van der Waals surface area contributed by atoms with Gasteiger partial charge in [0.05, 0.1) is 19.3 Å². The first kappa shape index (κ1) is 18.0. The van der Waals surface area contributed by atoms with Crippen LogP contribution in [0.1, 0.15) is 19.3 Å². The van der Waals surface area contributed by atoms with Crippen LogP contribution in [-0.4, -0.2) is 69.4 Å². The normalized spacial score (nSPS) is 24.0. The van der Waals surface area contributed by atoms with Crippen LogP contribution < -0.4 is 15.4 Å². The van der Waals surface area contributed by atoms with Crippen molar-refractivity contribution < 1.29 is 9.47 Å². The minimum absolute atomic E-state index is 0.245. The van der Waals surface area contributed by atoms with E-state index < -0.39 is 0 Å². The molecule has 3 rings (SSSR count). The van der Waals surface area contributed by atoms with E-state index in [1.54, 1.807) is 7.05 Å². The summed E-state index contributed by atoms with van der Waals surface area (Å²) < 4.78 is 11.7. The number of aliphatic imine (C=N–C) groups is 1. The second-order valence-corrected chi connectivity index (χ2v) is 6.64. The Morgan fingerprint density at radius 2 is 2.20 bits per heavy atom. The van der Waals surface area contributed by atoms with Crippen LogP contribution in [0.3, 0.4) is 0 Å². The van der Waals surface area contributed by atoms with E-state index in [1.165, 1.54) is 19.4 Å². The zero-order chi connectivity index (χ0) is 17.3. The minimum atomic E-state index is 0.245. The average molecular weight is 346 g/mol. The third-order valence-corrected chi connectivity index (χ3v) is 4.81. The fourth-order valence-electron chi connectivity index (χ4n) is 3.43. The predicted molar refractivity (Wildman–Crippen MR) is 100 cm³/mol. The number of guanidine groups is 1. The number of benzene rings is 1.